The monoisotopic (exact) mass is 317 g/mol. The predicted octanol–water partition coefficient (Wildman–Crippen LogP) is 2.87. The number of carbonyl (C=O) groups excluding carboxylic acids is 1. The van der Waals surface area contributed by atoms with Crippen LogP contribution < -0.4 is 4.74 Å². The number of hydrogen-bond acceptors (Lipinski definition) is 4. The van der Waals surface area contributed by atoms with Crippen molar-refractivity contribution in [3.05, 3.63) is 28.2 Å². The highest BCUT2D eigenvalue weighted by molar-refractivity contribution is 6.35. The smallest absolute Gasteiger partial charge is 0.310 e. The Morgan fingerprint density at radius 2 is 2.25 bits per heavy atom. The molecule has 1 fully saturated rings. The van der Waals surface area contributed by atoms with Crippen molar-refractivity contribution in [1.29, 1.82) is 0 Å². The summed E-state index contributed by atoms with van der Waals surface area (Å²) in [5.74, 6) is 0.480. The average Bonchev–Trinajstić information content (AvgIpc) is 2.89. The number of methoxy groups -OCH3 is 1. The van der Waals surface area contributed by atoms with Gasteiger partial charge in [0.25, 0.3) is 0 Å². The van der Waals surface area contributed by atoms with Crippen LogP contribution >= 0.6 is 23.2 Å². The number of carbonyl (C=O) groups is 1. The first-order valence-electron chi connectivity index (χ1n) is 6.48. The van der Waals surface area contributed by atoms with Gasteiger partial charge in [-0.3, -0.25) is 9.69 Å². The third-order valence-electron chi connectivity index (χ3n) is 3.37. The van der Waals surface area contributed by atoms with Crippen molar-refractivity contribution in [2.24, 2.45) is 5.92 Å². The first kappa shape index (κ1) is 15.4. The van der Waals surface area contributed by atoms with Crippen LogP contribution in [0, 0.1) is 5.92 Å². The van der Waals surface area contributed by atoms with Crippen LogP contribution in [0.5, 0.6) is 5.75 Å². The molecule has 1 heterocycles. The molecule has 4 nitrogen and oxygen atoms in total. The van der Waals surface area contributed by atoms with Gasteiger partial charge in [-0.05, 0) is 31.2 Å². The van der Waals surface area contributed by atoms with Gasteiger partial charge in [0, 0.05) is 18.1 Å². The minimum absolute atomic E-state index is 0.0147. The van der Waals surface area contributed by atoms with Crippen LogP contribution in [-0.4, -0.2) is 44.2 Å². The van der Waals surface area contributed by atoms with Crippen molar-refractivity contribution in [3.63, 3.8) is 0 Å². The number of nitrogens with zero attached hydrogens (tertiary/aromatic N) is 1. The van der Waals surface area contributed by atoms with E-state index in [9.17, 15) is 4.79 Å². The van der Waals surface area contributed by atoms with Crippen LogP contribution in [0.15, 0.2) is 18.2 Å². The lowest BCUT2D eigenvalue weighted by atomic mass is 10.1. The molecule has 1 aliphatic rings. The molecule has 0 N–H and O–H groups in total. The van der Waals surface area contributed by atoms with Crippen LogP contribution in [0.1, 0.15) is 6.42 Å². The molecule has 0 saturated carbocycles. The van der Waals surface area contributed by atoms with E-state index in [4.69, 9.17) is 32.7 Å². The molecule has 0 amide bonds. The minimum Gasteiger partial charge on any atom is -0.491 e. The van der Waals surface area contributed by atoms with E-state index in [0.717, 1.165) is 26.1 Å². The summed E-state index contributed by atoms with van der Waals surface area (Å²) in [7, 11) is 1.43. The van der Waals surface area contributed by atoms with E-state index in [2.05, 4.69) is 4.90 Å². The Balaban J connectivity index is 1.75. The first-order chi connectivity index (χ1) is 9.60. The molecule has 1 unspecified atom stereocenters. The normalized spacial score (nSPS) is 19.1. The number of esters is 1. The van der Waals surface area contributed by atoms with E-state index in [1.54, 1.807) is 18.2 Å². The lowest BCUT2D eigenvalue weighted by molar-refractivity contribution is -0.144. The highest BCUT2D eigenvalue weighted by Gasteiger charge is 2.28. The van der Waals surface area contributed by atoms with Gasteiger partial charge in [-0.25, -0.2) is 0 Å². The standard InChI is InChI=1S/C14H17Cl2NO3/c1-19-14(18)10-4-5-17(9-10)6-7-20-13-3-2-11(15)8-12(13)16/h2-3,8,10H,4-7,9H2,1H3. The lowest BCUT2D eigenvalue weighted by Crippen LogP contribution is -2.28. The second kappa shape index (κ2) is 7.16. The molecule has 1 aromatic carbocycles. The van der Waals surface area contributed by atoms with E-state index >= 15 is 0 Å². The predicted molar refractivity (Wildman–Crippen MR) is 78.5 cm³/mol. The highest BCUT2D eigenvalue weighted by atomic mass is 35.5. The summed E-state index contributed by atoms with van der Waals surface area (Å²) in [4.78, 5) is 13.6. The summed E-state index contributed by atoms with van der Waals surface area (Å²) in [6, 6.07) is 5.15. The molecule has 110 valence electrons. The molecule has 0 aromatic heterocycles. The fourth-order valence-corrected chi connectivity index (χ4v) is 2.73. The second-order valence-electron chi connectivity index (χ2n) is 4.73. The minimum atomic E-state index is -0.130. The van der Waals surface area contributed by atoms with Crippen LogP contribution in [0.25, 0.3) is 0 Å². The van der Waals surface area contributed by atoms with Gasteiger partial charge >= 0.3 is 5.97 Å². The van der Waals surface area contributed by atoms with Crippen LogP contribution in [0.4, 0.5) is 0 Å². The maximum atomic E-state index is 11.4. The van der Waals surface area contributed by atoms with Crippen LogP contribution in [0.3, 0.4) is 0 Å². The zero-order valence-electron chi connectivity index (χ0n) is 11.3. The summed E-state index contributed by atoms with van der Waals surface area (Å²) in [5.41, 5.74) is 0. The molecule has 1 aliphatic heterocycles. The Bertz CT molecular complexity index is 481. The second-order valence-corrected chi connectivity index (χ2v) is 5.58. The summed E-state index contributed by atoms with van der Waals surface area (Å²) in [6.45, 7) is 2.89. The molecule has 1 atom stereocenters. The Morgan fingerprint density at radius 3 is 2.95 bits per heavy atom. The number of ether oxygens (including phenoxy) is 2. The molecule has 0 spiro atoms. The molecule has 0 bridgehead atoms. The summed E-state index contributed by atoms with van der Waals surface area (Å²) >= 11 is 11.8. The van der Waals surface area contributed by atoms with Crippen molar-refractivity contribution >= 4 is 29.2 Å². The molecule has 1 aromatic rings. The zero-order chi connectivity index (χ0) is 14.5. The van der Waals surface area contributed by atoms with Gasteiger partial charge in [0.15, 0.2) is 0 Å². The Kier molecular flexibility index (Phi) is 5.52. The third-order valence-corrected chi connectivity index (χ3v) is 3.90. The Hall–Kier alpha value is -0.970. The fraction of sp³-hybridized carbons (Fsp3) is 0.500. The van der Waals surface area contributed by atoms with Crippen molar-refractivity contribution in [3.8, 4) is 5.75 Å². The van der Waals surface area contributed by atoms with E-state index in [-0.39, 0.29) is 11.9 Å². The van der Waals surface area contributed by atoms with Crippen LogP contribution in [-0.2, 0) is 9.53 Å². The maximum Gasteiger partial charge on any atom is 0.310 e. The van der Waals surface area contributed by atoms with Crippen molar-refractivity contribution < 1.29 is 14.3 Å². The first-order valence-corrected chi connectivity index (χ1v) is 7.24. The maximum absolute atomic E-state index is 11.4. The molecule has 0 radical (unpaired) electrons. The van der Waals surface area contributed by atoms with E-state index in [1.807, 2.05) is 0 Å². The largest absolute Gasteiger partial charge is 0.491 e. The van der Waals surface area contributed by atoms with Gasteiger partial charge in [0.1, 0.15) is 12.4 Å². The summed E-state index contributed by atoms with van der Waals surface area (Å²) in [6.07, 6.45) is 0.842. The number of benzene rings is 1. The number of hydrogen-bond donors (Lipinski definition) is 0. The summed E-state index contributed by atoms with van der Waals surface area (Å²) < 4.78 is 10.4. The van der Waals surface area contributed by atoms with Gasteiger partial charge < -0.3 is 9.47 Å². The molecule has 20 heavy (non-hydrogen) atoms. The lowest BCUT2D eigenvalue weighted by Gasteiger charge is -2.16. The van der Waals surface area contributed by atoms with Gasteiger partial charge in [-0.15, -0.1) is 0 Å². The van der Waals surface area contributed by atoms with E-state index in [1.165, 1.54) is 7.11 Å². The third kappa shape index (κ3) is 4.01. The summed E-state index contributed by atoms with van der Waals surface area (Å²) in [5, 5.41) is 1.09. The van der Waals surface area contributed by atoms with Gasteiger partial charge in [0.05, 0.1) is 18.1 Å². The molecular formula is C14H17Cl2NO3. The Labute approximate surface area is 128 Å². The van der Waals surface area contributed by atoms with E-state index in [0.29, 0.717) is 22.4 Å². The fourth-order valence-electron chi connectivity index (χ4n) is 2.27. The molecule has 6 heteroatoms. The van der Waals surface area contributed by atoms with Gasteiger partial charge in [-0.2, -0.15) is 0 Å². The number of rotatable bonds is 5. The van der Waals surface area contributed by atoms with Gasteiger partial charge in [-0.1, -0.05) is 23.2 Å². The quantitative estimate of drug-likeness (QED) is 0.783. The average molecular weight is 318 g/mol. The van der Waals surface area contributed by atoms with Gasteiger partial charge in [0.2, 0.25) is 0 Å². The highest BCUT2D eigenvalue weighted by Crippen LogP contribution is 2.27. The topological polar surface area (TPSA) is 38.8 Å². The number of likely N-dealkylation sites (tertiary alicyclic amines) is 1. The zero-order valence-corrected chi connectivity index (χ0v) is 12.8. The van der Waals surface area contributed by atoms with Crippen molar-refractivity contribution in [2.75, 3.05) is 33.4 Å². The Morgan fingerprint density at radius 1 is 1.45 bits per heavy atom. The van der Waals surface area contributed by atoms with E-state index < -0.39 is 0 Å². The molecular weight excluding hydrogens is 301 g/mol. The SMILES string of the molecule is COC(=O)C1CCN(CCOc2ccc(Cl)cc2Cl)C1. The molecule has 0 aliphatic carbocycles. The van der Waals surface area contributed by atoms with Crippen LogP contribution in [0.2, 0.25) is 10.0 Å². The van der Waals surface area contributed by atoms with Crippen molar-refractivity contribution in [1.82, 2.24) is 4.90 Å². The number of halogens is 2. The molecule has 2 rings (SSSR count). The van der Waals surface area contributed by atoms with Crippen molar-refractivity contribution in [2.45, 2.75) is 6.42 Å². The molecule has 1 saturated heterocycles.